The van der Waals surface area contributed by atoms with Crippen LogP contribution in [0.3, 0.4) is 0 Å². The summed E-state index contributed by atoms with van der Waals surface area (Å²) in [7, 11) is 6.69. The second kappa shape index (κ2) is 29.7. The number of imidazole rings is 5. The number of fused-ring (bicyclic) bond motifs is 15. The molecule has 5 aliphatic rings. The van der Waals surface area contributed by atoms with Gasteiger partial charge >= 0.3 is 0 Å². The fraction of sp³-hybridized carbons (Fsp3) is 0.224. The molecular formula is C85H74Br4N12O8. The average molecular weight is 1710 g/mol. The lowest BCUT2D eigenvalue weighted by atomic mass is 9.90. The van der Waals surface area contributed by atoms with Crippen LogP contribution in [0.1, 0.15) is 135 Å². The molecule has 3 unspecified atom stereocenters. The minimum absolute atomic E-state index is 0.200. The molecule has 5 aliphatic carbocycles. The number of methoxy groups -OCH3 is 4. The van der Waals surface area contributed by atoms with E-state index in [-0.39, 0.29) is 5.78 Å². The van der Waals surface area contributed by atoms with Crippen molar-refractivity contribution in [1.29, 1.82) is 0 Å². The SMILES string of the molecule is COc1ccccc1C1(O)CCc2nc3ccc(-c4cnc(C(C)(C)O)nc4)cn3c21.COc1ccccc1C1(O)CCc2nc3ccc(Br)cn3c21.COc1ccccc1C1=CCc2nc3ccc(Br)cn3c21.COc1ccccc1C1CCc2nc3ccc(Br)cn3c21.O=C1CCc2nc3ccc(Br)cn3c21. The van der Waals surface area contributed by atoms with Crippen LogP contribution in [-0.2, 0) is 48.9 Å². The predicted octanol–water partition coefficient (Wildman–Crippen LogP) is 17.0. The summed E-state index contributed by atoms with van der Waals surface area (Å²) < 4.78 is 36.2. The number of carbonyl (C=O) groups excluding carboxylic acids is 1. The van der Waals surface area contributed by atoms with E-state index >= 15 is 0 Å². The molecule has 0 radical (unpaired) electrons. The van der Waals surface area contributed by atoms with Gasteiger partial charge in [-0.1, -0.05) is 78.9 Å². The lowest BCUT2D eigenvalue weighted by Gasteiger charge is -2.26. The largest absolute Gasteiger partial charge is 0.496 e. The number of Topliss-reactive ketones (excluding diaryl/α,β-unsaturated/α-hetero) is 1. The molecule has 0 saturated carbocycles. The maximum absolute atomic E-state index is 11.8. The molecule has 20 rings (SSSR count). The van der Waals surface area contributed by atoms with Crippen molar-refractivity contribution in [3.63, 3.8) is 0 Å². The van der Waals surface area contributed by atoms with Gasteiger partial charge in [0.05, 0.1) is 79.7 Å². The number of hydrogen-bond donors (Lipinski definition) is 3. The van der Waals surface area contributed by atoms with Crippen molar-refractivity contribution >= 4 is 103 Å². The quantitative estimate of drug-likeness (QED) is 0.116. The Hall–Kier alpha value is -10.2. The number of hydrogen-bond acceptors (Lipinski definition) is 15. The van der Waals surface area contributed by atoms with Gasteiger partial charge < -0.3 is 38.7 Å². The highest BCUT2D eigenvalue weighted by Crippen LogP contribution is 2.49. The number of allylic oxidation sites excluding steroid dienone is 1. The Labute approximate surface area is 661 Å². The predicted molar refractivity (Wildman–Crippen MR) is 431 cm³/mol. The number of rotatable bonds is 10. The highest BCUT2D eigenvalue weighted by molar-refractivity contribution is 9.11. The molecule has 4 aromatic carbocycles. The lowest BCUT2D eigenvalue weighted by molar-refractivity contribution is 0.0686. The van der Waals surface area contributed by atoms with E-state index in [2.05, 4.69) is 135 Å². The Morgan fingerprint density at radius 2 is 0.899 bits per heavy atom. The van der Waals surface area contributed by atoms with Gasteiger partial charge in [-0.05, 0) is 207 Å². The van der Waals surface area contributed by atoms with E-state index in [0.29, 0.717) is 48.9 Å². The highest BCUT2D eigenvalue weighted by Gasteiger charge is 2.46. The van der Waals surface area contributed by atoms with Crippen molar-refractivity contribution in [2.45, 2.75) is 94.4 Å². The maximum Gasteiger partial charge on any atom is 0.181 e. The summed E-state index contributed by atoms with van der Waals surface area (Å²) in [6.45, 7) is 3.31. The molecule has 0 aliphatic heterocycles. The van der Waals surface area contributed by atoms with E-state index in [1.807, 2.05) is 165 Å². The summed E-state index contributed by atoms with van der Waals surface area (Å²) in [5.41, 5.74) is 17.8. The summed E-state index contributed by atoms with van der Waals surface area (Å²) in [5.74, 6) is 4.11. The van der Waals surface area contributed by atoms with Crippen LogP contribution in [0.5, 0.6) is 23.0 Å². The van der Waals surface area contributed by atoms with Gasteiger partial charge in [0.15, 0.2) is 11.6 Å². The Balaban J connectivity index is 0.000000106. The Morgan fingerprint density at radius 1 is 0.450 bits per heavy atom. The second-order valence-corrected chi connectivity index (χ2v) is 31.4. The minimum atomic E-state index is -1.19. The number of nitrogens with zero attached hydrogens (tertiary/aromatic N) is 12. The zero-order chi connectivity index (χ0) is 75.6. The van der Waals surface area contributed by atoms with Gasteiger partial charge in [0, 0.05) is 119 Å². The second-order valence-electron chi connectivity index (χ2n) is 27.8. The van der Waals surface area contributed by atoms with Crippen LogP contribution < -0.4 is 18.9 Å². The molecule has 550 valence electrons. The summed E-state index contributed by atoms with van der Waals surface area (Å²) in [5, 5.41) is 33.4. The Bertz CT molecular complexity index is 6080. The molecule has 11 aromatic heterocycles. The maximum atomic E-state index is 11.8. The number of para-hydroxylation sites is 4. The zero-order valence-corrected chi connectivity index (χ0v) is 66.7. The fourth-order valence-corrected chi connectivity index (χ4v) is 17.1. The molecular weight excluding hydrogens is 1640 g/mol. The number of halogens is 4. The van der Waals surface area contributed by atoms with Crippen LogP contribution in [0.25, 0.3) is 44.9 Å². The van der Waals surface area contributed by atoms with Crippen molar-refractivity contribution in [2.24, 2.45) is 0 Å². The number of pyridine rings is 5. The minimum Gasteiger partial charge on any atom is -0.496 e. The van der Waals surface area contributed by atoms with Gasteiger partial charge in [0.1, 0.15) is 73.7 Å². The van der Waals surface area contributed by atoms with Crippen LogP contribution in [0.15, 0.2) is 225 Å². The van der Waals surface area contributed by atoms with Crippen molar-refractivity contribution in [3.8, 4) is 34.1 Å². The van der Waals surface area contributed by atoms with E-state index in [1.54, 1.807) is 54.7 Å². The van der Waals surface area contributed by atoms with Gasteiger partial charge in [-0.2, -0.15) is 0 Å². The van der Waals surface area contributed by atoms with Crippen LogP contribution in [0, 0.1) is 0 Å². The molecule has 11 heterocycles. The van der Waals surface area contributed by atoms with Crippen LogP contribution in [0.4, 0.5) is 0 Å². The third kappa shape index (κ3) is 13.5. The monoisotopic (exact) mass is 1710 g/mol. The summed E-state index contributed by atoms with van der Waals surface area (Å²) in [6.07, 6.45) is 22.6. The number of carbonyl (C=O) groups is 1. The van der Waals surface area contributed by atoms with Gasteiger partial charge in [-0.3, -0.25) is 22.4 Å². The topological polar surface area (TPSA) is 227 Å². The molecule has 15 aromatic rings. The van der Waals surface area contributed by atoms with Crippen LogP contribution in [-0.4, -0.2) is 106 Å². The van der Waals surface area contributed by atoms with E-state index in [4.69, 9.17) is 33.9 Å². The van der Waals surface area contributed by atoms with Crippen LogP contribution >= 0.6 is 63.7 Å². The molecule has 0 fully saturated rings. The van der Waals surface area contributed by atoms with Gasteiger partial charge in [0.25, 0.3) is 0 Å². The third-order valence-corrected chi connectivity index (χ3v) is 22.6. The first kappa shape index (κ1) is 73.0. The standard InChI is InChI=1S/C24H24N4O3.C17H15BrN2O2.C17H15BrN2O.C17H13BrN2O.C10H7BrN2O/c1-23(2,29)22-25-12-16(13-26-22)15-8-9-20-27-18-10-11-24(30,21(18)28(20)14-15)17-6-4-5-7-19(17)31-3;1-22-14-5-3-2-4-12(14)17(21)9-8-13-16(17)20-10-11(18)6-7-15(20)19-13;2*1-21-15-5-3-2-4-12(15)13-7-8-14-17(13)20-10-11(18)6-9-16(20)19-14;11-6-1-4-9-12-7-2-3-8(14)10(7)13(9)5-6/h4-9,12-14,29-30H,10-11H2,1-3H3;2-7,10,21H,8-9H2,1H3;2-6,9-10,13H,7-8H2,1H3;2-7,9-10H,8H2,1H3;1,4-5H,2-3H2. The number of aryl methyl sites for hydroxylation is 4. The van der Waals surface area contributed by atoms with E-state index in [0.717, 1.165) is 163 Å². The van der Waals surface area contributed by atoms with Crippen molar-refractivity contribution in [2.75, 3.05) is 28.4 Å². The first-order valence-electron chi connectivity index (χ1n) is 35.7. The molecule has 0 saturated heterocycles. The van der Waals surface area contributed by atoms with E-state index in [1.165, 1.54) is 22.5 Å². The smallest absolute Gasteiger partial charge is 0.181 e. The van der Waals surface area contributed by atoms with Crippen molar-refractivity contribution < 1.29 is 39.1 Å². The highest BCUT2D eigenvalue weighted by atomic mass is 79.9. The van der Waals surface area contributed by atoms with Gasteiger partial charge in [-0.25, -0.2) is 34.9 Å². The number of benzene rings is 4. The summed E-state index contributed by atoms with van der Waals surface area (Å²) >= 11 is 14.0. The molecule has 3 atom stereocenters. The van der Waals surface area contributed by atoms with Gasteiger partial charge in [-0.15, -0.1) is 0 Å². The van der Waals surface area contributed by atoms with E-state index in [9.17, 15) is 20.1 Å². The third-order valence-electron chi connectivity index (χ3n) is 20.7. The fourth-order valence-electron chi connectivity index (χ4n) is 15.8. The van der Waals surface area contributed by atoms with E-state index < -0.39 is 16.8 Å². The van der Waals surface area contributed by atoms with Crippen LogP contribution in [0.2, 0.25) is 0 Å². The number of ketones is 1. The Kier molecular flexibility index (Phi) is 19.9. The van der Waals surface area contributed by atoms with Crippen molar-refractivity contribution in [1.82, 2.24) is 56.9 Å². The molecule has 0 amide bonds. The van der Waals surface area contributed by atoms with Gasteiger partial charge in [0.2, 0.25) is 0 Å². The molecule has 24 heteroatoms. The summed E-state index contributed by atoms with van der Waals surface area (Å²) in [6, 6.07) is 51.4. The normalized spacial score (nSPS) is 17.1. The number of ether oxygens (including phenoxy) is 4. The lowest BCUT2D eigenvalue weighted by Crippen LogP contribution is -2.26. The summed E-state index contributed by atoms with van der Waals surface area (Å²) in [4.78, 5) is 43.5. The molecule has 20 nitrogen and oxygen atoms in total. The molecule has 0 bridgehead atoms. The first-order chi connectivity index (χ1) is 52.7. The zero-order valence-electron chi connectivity index (χ0n) is 60.3. The molecule has 3 N–H and O–H groups in total. The molecule has 109 heavy (non-hydrogen) atoms. The number of aliphatic hydroxyl groups is 3. The average Bonchev–Trinajstić information content (AvgIpc) is 1.57. The van der Waals surface area contributed by atoms with Crippen molar-refractivity contribution in [3.05, 3.63) is 310 Å². The first-order valence-corrected chi connectivity index (χ1v) is 38.9. The molecule has 0 spiro atoms. The number of aromatic nitrogens is 12. The Morgan fingerprint density at radius 3 is 1.47 bits per heavy atom.